The van der Waals surface area contributed by atoms with E-state index < -0.39 is 11.6 Å². The Morgan fingerprint density at radius 2 is 2.10 bits per heavy atom. The summed E-state index contributed by atoms with van der Waals surface area (Å²) in [4.78, 5) is 8.02. The first-order valence-electron chi connectivity index (χ1n) is 6.25. The first-order chi connectivity index (χ1) is 10.1. The van der Waals surface area contributed by atoms with E-state index in [1.807, 2.05) is 13.0 Å². The van der Waals surface area contributed by atoms with Gasteiger partial charge in [-0.15, -0.1) is 0 Å². The predicted octanol–water partition coefficient (Wildman–Crippen LogP) is 3.41. The van der Waals surface area contributed by atoms with Crippen LogP contribution in [0.25, 0.3) is 17.0 Å². The van der Waals surface area contributed by atoms with Crippen LogP contribution < -0.4 is 0 Å². The van der Waals surface area contributed by atoms with E-state index in [-0.39, 0.29) is 11.4 Å². The number of hydrogen-bond donors (Lipinski definition) is 1. The zero-order valence-electron chi connectivity index (χ0n) is 11.6. The van der Waals surface area contributed by atoms with Gasteiger partial charge in [-0.25, -0.2) is 13.8 Å². The predicted molar refractivity (Wildman–Crippen MR) is 78.9 cm³/mol. The molecule has 1 aromatic carbocycles. The number of nitrogens with one attached hydrogen (secondary N) is 1. The van der Waals surface area contributed by atoms with E-state index >= 15 is 0 Å². The first-order valence-corrected chi connectivity index (χ1v) is 6.25. The molecule has 0 aliphatic rings. The molecule has 1 heterocycles. The maximum absolute atomic E-state index is 13.7. The lowest BCUT2D eigenvalue weighted by atomic mass is 10.2. The Morgan fingerprint density at radius 1 is 1.29 bits per heavy atom. The average Bonchev–Trinajstić information content (AvgIpc) is 2.93. The SMILES string of the molecule is CN=C/C=C\C=C(/C)c1n[nH]c(-c2ccc(F)cc2F)n1. The quantitative estimate of drug-likeness (QED) is 0.692. The molecule has 1 aromatic heterocycles. The zero-order valence-corrected chi connectivity index (χ0v) is 11.6. The van der Waals surface area contributed by atoms with Crippen molar-refractivity contribution < 1.29 is 8.78 Å². The second-order valence-electron chi connectivity index (χ2n) is 4.27. The largest absolute Gasteiger partial charge is 0.297 e. The third-order valence-corrected chi connectivity index (χ3v) is 2.72. The molecule has 108 valence electrons. The summed E-state index contributed by atoms with van der Waals surface area (Å²) in [6, 6.07) is 3.31. The molecule has 0 atom stereocenters. The summed E-state index contributed by atoms with van der Waals surface area (Å²) in [5, 5.41) is 6.67. The first kappa shape index (κ1) is 14.8. The molecule has 0 spiro atoms. The minimum Gasteiger partial charge on any atom is -0.297 e. The Labute approximate surface area is 121 Å². The van der Waals surface area contributed by atoms with E-state index in [1.54, 1.807) is 25.4 Å². The van der Waals surface area contributed by atoms with Gasteiger partial charge in [0.25, 0.3) is 0 Å². The lowest BCUT2D eigenvalue weighted by Crippen LogP contribution is -1.88. The van der Waals surface area contributed by atoms with Crippen molar-refractivity contribution in [2.45, 2.75) is 6.92 Å². The molecule has 0 unspecified atom stereocenters. The van der Waals surface area contributed by atoms with Gasteiger partial charge >= 0.3 is 0 Å². The Kier molecular flexibility index (Phi) is 4.71. The second kappa shape index (κ2) is 6.69. The number of aliphatic imine (C=N–C) groups is 1. The number of aromatic nitrogens is 3. The summed E-state index contributed by atoms with van der Waals surface area (Å²) >= 11 is 0. The summed E-state index contributed by atoms with van der Waals surface area (Å²) < 4.78 is 26.6. The number of nitrogens with zero attached hydrogens (tertiary/aromatic N) is 3. The molecular formula is C15H14F2N4. The lowest BCUT2D eigenvalue weighted by Gasteiger charge is -1.98. The Hall–Kier alpha value is -2.63. The highest BCUT2D eigenvalue weighted by molar-refractivity contribution is 5.72. The summed E-state index contributed by atoms with van der Waals surface area (Å²) in [5.74, 6) is -0.602. The maximum atomic E-state index is 13.7. The van der Waals surface area contributed by atoms with E-state index in [0.29, 0.717) is 5.82 Å². The van der Waals surface area contributed by atoms with E-state index in [2.05, 4.69) is 20.2 Å². The summed E-state index contributed by atoms with van der Waals surface area (Å²) in [6.07, 6.45) is 7.05. The third kappa shape index (κ3) is 3.68. The number of hydrogen-bond acceptors (Lipinski definition) is 3. The molecule has 0 aliphatic heterocycles. The van der Waals surface area contributed by atoms with Gasteiger partial charge in [0, 0.05) is 19.3 Å². The van der Waals surface area contributed by atoms with Gasteiger partial charge in [0.1, 0.15) is 11.6 Å². The van der Waals surface area contributed by atoms with Crippen LogP contribution in [0, 0.1) is 11.6 Å². The van der Waals surface area contributed by atoms with Gasteiger partial charge in [0.05, 0.1) is 5.56 Å². The zero-order chi connectivity index (χ0) is 15.2. The molecule has 0 bridgehead atoms. The minimum atomic E-state index is -0.682. The molecule has 1 N–H and O–H groups in total. The molecule has 0 saturated carbocycles. The monoisotopic (exact) mass is 288 g/mol. The van der Waals surface area contributed by atoms with E-state index in [9.17, 15) is 8.78 Å². The molecule has 21 heavy (non-hydrogen) atoms. The van der Waals surface area contributed by atoms with E-state index in [0.717, 1.165) is 11.6 Å². The Bertz CT molecular complexity index is 714. The molecule has 6 heteroatoms. The second-order valence-corrected chi connectivity index (χ2v) is 4.27. The Balaban J connectivity index is 2.25. The summed E-state index contributed by atoms with van der Waals surface area (Å²) in [6.45, 7) is 1.83. The van der Waals surface area contributed by atoms with Crippen molar-refractivity contribution in [1.82, 2.24) is 15.2 Å². The fraction of sp³-hybridized carbons (Fsp3) is 0.133. The van der Waals surface area contributed by atoms with Crippen molar-refractivity contribution in [3.8, 4) is 11.4 Å². The molecule has 0 amide bonds. The molecule has 0 fully saturated rings. The highest BCUT2D eigenvalue weighted by Gasteiger charge is 2.11. The van der Waals surface area contributed by atoms with Crippen LogP contribution in [0.1, 0.15) is 12.7 Å². The van der Waals surface area contributed by atoms with Gasteiger partial charge in [-0.3, -0.25) is 10.1 Å². The van der Waals surface area contributed by atoms with Gasteiger partial charge in [0.2, 0.25) is 0 Å². The van der Waals surface area contributed by atoms with Gasteiger partial charge < -0.3 is 0 Å². The number of H-pyrrole nitrogens is 1. The maximum Gasteiger partial charge on any atom is 0.177 e. The van der Waals surface area contributed by atoms with Crippen molar-refractivity contribution in [2.75, 3.05) is 7.05 Å². The van der Waals surface area contributed by atoms with Crippen LogP contribution in [-0.2, 0) is 0 Å². The van der Waals surface area contributed by atoms with Crippen LogP contribution in [0.3, 0.4) is 0 Å². The fourth-order valence-corrected chi connectivity index (χ4v) is 1.65. The van der Waals surface area contributed by atoms with E-state index in [1.165, 1.54) is 12.1 Å². The molecule has 2 aromatic rings. The number of rotatable bonds is 4. The van der Waals surface area contributed by atoms with Crippen molar-refractivity contribution >= 4 is 11.8 Å². The molecular weight excluding hydrogens is 274 g/mol. The molecule has 0 saturated heterocycles. The minimum absolute atomic E-state index is 0.177. The molecule has 4 nitrogen and oxygen atoms in total. The number of benzene rings is 1. The van der Waals surface area contributed by atoms with Crippen LogP contribution in [0.4, 0.5) is 8.78 Å². The lowest BCUT2D eigenvalue weighted by molar-refractivity contribution is 0.585. The van der Waals surface area contributed by atoms with Gasteiger partial charge in [-0.05, 0) is 30.7 Å². The van der Waals surface area contributed by atoms with Crippen LogP contribution in [0.15, 0.2) is 41.4 Å². The number of allylic oxidation sites excluding steroid dienone is 4. The average molecular weight is 288 g/mol. The highest BCUT2D eigenvalue weighted by atomic mass is 19.1. The summed E-state index contributed by atoms with van der Waals surface area (Å²) in [5.41, 5.74) is 0.984. The fourth-order valence-electron chi connectivity index (χ4n) is 1.65. The van der Waals surface area contributed by atoms with Gasteiger partial charge in [0.15, 0.2) is 11.6 Å². The van der Waals surface area contributed by atoms with Crippen LogP contribution >= 0.6 is 0 Å². The van der Waals surface area contributed by atoms with E-state index in [4.69, 9.17) is 0 Å². The van der Waals surface area contributed by atoms with Crippen LogP contribution in [0.5, 0.6) is 0 Å². The smallest absolute Gasteiger partial charge is 0.177 e. The highest BCUT2D eigenvalue weighted by Crippen LogP contribution is 2.21. The van der Waals surface area contributed by atoms with Crippen LogP contribution in [0.2, 0.25) is 0 Å². The molecule has 0 aliphatic carbocycles. The number of aromatic amines is 1. The topological polar surface area (TPSA) is 53.9 Å². The standard InChI is InChI=1S/C15H14F2N4/c1-10(5-3-4-8-18-2)14-19-15(21-20-14)12-7-6-11(16)9-13(12)17/h3-9H,1-2H3,(H,19,20,21)/b4-3-,10-5+,18-8?. The summed E-state index contributed by atoms with van der Waals surface area (Å²) in [7, 11) is 1.68. The van der Waals surface area contributed by atoms with Gasteiger partial charge in [-0.2, -0.15) is 5.10 Å². The van der Waals surface area contributed by atoms with Crippen molar-refractivity contribution in [2.24, 2.45) is 4.99 Å². The normalized spacial score (nSPS) is 12.7. The molecule has 0 radical (unpaired) electrons. The van der Waals surface area contributed by atoms with Crippen molar-refractivity contribution in [3.05, 3.63) is 53.9 Å². The van der Waals surface area contributed by atoms with Crippen molar-refractivity contribution in [3.63, 3.8) is 0 Å². The van der Waals surface area contributed by atoms with Crippen LogP contribution in [-0.4, -0.2) is 28.4 Å². The number of halogens is 2. The molecule has 2 rings (SSSR count). The Morgan fingerprint density at radius 3 is 2.81 bits per heavy atom. The third-order valence-electron chi connectivity index (χ3n) is 2.72. The van der Waals surface area contributed by atoms with Crippen molar-refractivity contribution in [1.29, 1.82) is 0 Å². The van der Waals surface area contributed by atoms with Gasteiger partial charge in [-0.1, -0.05) is 12.2 Å².